The number of rotatable bonds is 6. The van der Waals surface area contributed by atoms with Crippen LogP contribution in [0.4, 0.5) is 0 Å². The Hall–Kier alpha value is -0.440. The van der Waals surface area contributed by atoms with Crippen molar-refractivity contribution in [3.8, 4) is 0 Å². The van der Waals surface area contributed by atoms with Crippen molar-refractivity contribution in [1.29, 1.82) is 0 Å². The van der Waals surface area contributed by atoms with Gasteiger partial charge in [-0.1, -0.05) is 21.6 Å². The summed E-state index contributed by atoms with van der Waals surface area (Å²) >= 11 is 0. The smallest absolute Gasteiger partial charge is 0.324 e. The van der Waals surface area contributed by atoms with Gasteiger partial charge in [-0.05, 0) is 6.42 Å². The first-order chi connectivity index (χ1) is 6.88. The summed E-state index contributed by atoms with van der Waals surface area (Å²) in [6.45, 7) is 0. The van der Waals surface area contributed by atoms with Crippen LogP contribution in [0.15, 0.2) is 0 Å². The quantitative estimate of drug-likeness (QED) is 0.459. The van der Waals surface area contributed by atoms with E-state index in [2.05, 4.69) is 0 Å². The van der Waals surface area contributed by atoms with Crippen molar-refractivity contribution in [2.75, 3.05) is 5.75 Å². The maximum absolute atomic E-state index is 10.6. The molecule has 6 nitrogen and oxygen atoms in total. The van der Waals surface area contributed by atoms with E-state index in [0.29, 0.717) is 6.42 Å². The van der Waals surface area contributed by atoms with Crippen molar-refractivity contribution in [1.82, 2.24) is 0 Å². The van der Waals surface area contributed by atoms with Gasteiger partial charge in [0, 0.05) is 11.0 Å². The molecule has 0 amide bonds. The molecule has 1 rings (SSSR count). The van der Waals surface area contributed by atoms with E-state index in [-0.39, 0.29) is 11.0 Å². The normalized spacial score (nSPS) is 30.9. The van der Waals surface area contributed by atoms with Crippen molar-refractivity contribution < 1.29 is 19.8 Å². The molecule has 0 bridgehead atoms. The molecule has 15 heavy (non-hydrogen) atoms. The number of hydrogen-bond acceptors (Lipinski definition) is 6. The van der Waals surface area contributed by atoms with E-state index in [4.69, 9.17) is 21.7 Å². The molecule has 1 aliphatic carbocycles. The predicted octanol–water partition coefficient (Wildman–Crippen LogP) is -0.666. The fourth-order valence-electron chi connectivity index (χ4n) is 0.859. The number of carboxylic acid groups (broad SMARTS) is 2. The summed E-state index contributed by atoms with van der Waals surface area (Å²) in [6.07, 6.45) is 0.419. The second kappa shape index (κ2) is 4.60. The molecule has 1 saturated carbocycles. The van der Waals surface area contributed by atoms with Crippen LogP contribution in [0.2, 0.25) is 0 Å². The fourth-order valence-corrected chi connectivity index (χ4v) is 3.89. The van der Waals surface area contributed by atoms with Crippen LogP contribution in [-0.4, -0.2) is 44.7 Å². The molecule has 1 aliphatic rings. The van der Waals surface area contributed by atoms with Crippen molar-refractivity contribution in [3.05, 3.63) is 0 Å². The first kappa shape index (κ1) is 12.6. The topological polar surface area (TPSA) is 127 Å². The highest BCUT2D eigenvalue weighted by Gasteiger charge is 2.58. The molecular weight excluding hydrogens is 240 g/mol. The molecule has 0 unspecified atom stereocenters. The molecule has 0 heterocycles. The largest absolute Gasteiger partial charge is 0.480 e. The minimum atomic E-state index is -1.13. The highest BCUT2D eigenvalue weighted by molar-refractivity contribution is 8.77. The number of hydrogen-bond donors (Lipinski definition) is 4. The van der Waals surface area contributed by atoms with Crippen LogP contribution < -0.4 is 11.5 Å². The number of nitrogens with two attached hydrogens (primary N) is 2. The van der Waals surface area contributed by atoms with Gasteiger partial charge in [-0.15, -0.1) is 0 Å². The molecule has 86 valence electrons. The first-order valence-corrected chi connectivity index (χ1v) is 6.55. The van der Waals surface area contributed by atoms with Gasteiger partial charge >= 0.3 is 11.9 Å². The van der Waals surface area contributed by atoms with Crippen LogP contribution in [0.1, 0.15) is 6.42 Å². The molecule has 0 spiro atoms. The molecule has 3 atom stereocenters. The summed E-state index contributed by atoms with van der Waals surface area (Å²) in [5.74, 6) is -1.83. The van der Waals surface area contributed by atoms with Gasteiger partial charge in [0.25, 0.3) is 0 Å². The molecule has 0 aromatic rings. The second-order valence-electron chi connectivity index (χ2n) is 3.36. The molecule has 0 aliphatic heterocycles. The second-order valence-corrected chi connectivity index (χ2v) is 5.98. The minimum absolute atomic E-state index is 0.152. The summed E-state index contributed by atoms with van der Waals surface area (Å²) in [6, 6.07) is -0.918. The molecule has 0 aromatic heterocycles. The fraction of sp³-hybridized carbons (Fsp3) is 0.714. The average Bonchev–Trinajstić information content (AvgIpc) is 2.78. The van der Waals surface area contributed by atoms with Gasteiger partial charge < -0.3 is 21.7 Å². The average molecular weight is 252 g/mol. The van der Waals surface area contributed by atoms with E-state index in [1.807, 2.05) is 0 Å². The summed E-state index contributed by atoms with van der Waals surface area (Å²) in [7, 11) is 2.54. The van der Waals surface area contributed by atoms with Crippen LogP contribution in [0.3, 0.4) is 0 Å². The zero-order valence-electron chi connectivity index (χ0n) is 7.75. The molecule has 6 N–H and O–H groups in total. The number of carboxylic acids is 2. The summed E-state index contributed by atoms with van der Waals surface area (Å²) in [4.78, 5) is 21.0. The Balaban J connectivity index is 2.19. The predicted molar refractivity (Wildman–Crippen MR) is 58.6 cm³/mol. The molecular formula is C7H12N2O4S2. The standard InChI is InChI=1S/C7H12N2O4S2/c8-3(5(10)11)2-14-15-4-1-7(4,9)6(12)13/h3-4H,1-2,8-9H2,(H,10,11)(H,12,13)/t3-,4-,7+/m0/s1. The van der Waals surface area contributed by atoms with Crippen LogP contribution >= 0.6 is 21.6 Å². The third-order valence-electron chi connectivity index (χ3n) is 2.08. The molecule has 8 heteroatoms. The first-order valence-electron chi connectivity index (χ1n) is 4.17. The van der Waals surface area contributed by atoms with E-state index >= 15 is 0 Å². The van der Waals surface area contributed by atoms with Crippen molar-refractivity contribution in [2.24, 2.45) is 11.5 Å². The third-order valence-corrected chi connectivity index (χ3v) is 5.05. The van der Waals surface area contributed by atoms with Crippen LogP contribution in [0, 0.1) is 0 Å². The number of aliphatic carboxylic acids is 2. The van der Waals surface area contributed by atoms with Crippen LogP contribution in [0.5, 0.6) is 0 Å². The van der Waals surface area contributed by atoms with Crippen molar-refractivity contribution >= 4 is 33.5 Å². The zero-order chi connectivity index (χ0) is 11.6. The monoisotopic (exact) mass is 252 g/mol. The Labute approximate surface area is 94.2 Å². The lowest BCUT2D eigenvalue weighted by molar-refractivity contribution is -0.139. The highest BCUT2D eigenvalue weighted by atomic mass is 33.1. The Kier molecular flexibility index (Phi) is 3.87. The summed E-state index contributed by atoms with van der Waals surface area (Å²) in [5, 5.41) is 17.0. The molecule has 1 fully saturated rings. The highest BCUT2D eigenvalue weighted by Crippen LogP contribution is 2.48. The minimum Gasteiger partial charge on any atom is -0.480 e. The van der Waals surface area contributed by atoms with E-state index in [0.717, 1.165) is 0 Å². The Bertz CT molecular complexity index is 288. The van der Waals surface area contributed by atoms with Crippen LogP contribution in [-0.2, 0) is 9.59 Å². The Morgan fingerprint density at radius 3 is 2.53 bits per heavy atom. The van der Waals surface area contributed by atoms with E-state index in [9.17, 15) is 9.59 Å². The van der Waals surface area contributed by atoms with Gasteiger partial charge in [0.05, 0.1) is 0 Å². The van der Waals surface area contributed by atoms with Crippen molar-refractivity contribution in [2.45, 2.75) is 23.3 Å². The van der Waals surface area contributed by atoms with E-state index < -0.39 is 23.5 Å². The zero-order valence-corrected chi connectivity index (χ0v) is 9.38. The maximum Gasteiger partial charge on any atom is 0.324 e. The molecule has 0 saturated heterocycles. The van der Waals surface area contributed by atoms with Crippen LogP contribution in [0.25, 0.3) is 0 Å². The third kappa shape index (κ3) is 3.00. The van der Waals surface area contributed by atoms with E-state index in [1.165, 1.54) is 21.6 Å². The van der Waals surface area contributed by atoms with Gasteiger partial charge in [0.2, 0.25) is 0 Å². The number of carbonyl (C=O) groups is 2. The summed E-state index contributed by atoms with van der Waals surface area (Å²) < 4.78 is 0. The van der Waals surface area contributed by atoms with Gasteiger partial charge in [0.1, 0.15) is 11.6 Å². The van der Waals surface area contributed by atoms with Gasteiger partial charge in [-0.3, -0.25) is 9.59 Å². The SMILES string of the molecule is N[C@@H](CSS[C@H]1C[C@]1(N)C(=O)O)C(=O)O. The van der Waals surface area contributed by atoms with Gasteiger partial charge in [-0.2, -0.15) is 0 Å². The lowest BCUT2D eigenvalue weighted by Gasteiger charge is -2.06. The molecule has 0 radical (unpaired) electrons. The van der Waals surface area contributed by atoms with Gasteiger partial charge in [0.15, 0.2) is 0 Å². The lowest BCUT2D eigenvalue weighted by Crippen LogP contribution is -2.36. The molecule has 0 aromatic carbocycles. The Morgan fingerprint density at radius 1 is 1.53 bits per heavy atom. The van der Waals surface area contributed by atoms with Crippen molar-refractivity contribution in [3.63, 3.8) is 0 Å². The summed E-state index contributed by atoms with van der Waals surface area (Å²) in [5.41, 5.74) is 9.66. The lowest BCUT2D eigenvalue weighted by atomic mass is 10.3. The Morgan fingerprint density at radius 2 is 2.13 bits per heavy atom. The maximum atomic E-state index is 10.6. The van der Waals surface area contributed by atoms with Gasteiger partial charge in [-0.25, -0.2) is 0 Å². The van der Waals surface area contributed by atoms with E-state index in [1.54, 1.807) is 0 Å².